The van der Waals surface area contributed by atoms with Crippen molar-refractivity contribution in [2.45, 2.75) is 6.61 Å². The number of nitrogens with one attached hydrogen (secondary N) is 2. The van der Waals surface area contributed by atoms with Crippen molar-refractivity contribution in [3.05, 3.63) is 73.4 Å². The Hall–Kier alpha value is -3.10. The molecule has 138 valence electrons. The first-order valence-corrected chi connectivity index (χ1v) is 8.28. The average molecular weight is 408 g/mol. The van der Waals surface area contributed by atoms with Crippen molar-refractivity contribution in [3.8, 4) is 5.75 Å². The third-order valence-corrected chi connectivity index (χ3v) is 4.14. The van der Waals surface area contributed by atoms with E-state index in [0.717, 1.165) is 0 Å². The Kier molecular flexibility index (Phi) is 5.29. The lowest BCUT2D eigenvalue weighted by molar-refractivity contribution is -0.384. The second kappa shape index (κ2) is 7.65. The minimum Gasteiger partial charge on any atom is -0.486 e. The minimum atomic E-state index is -0.605. The molecule has 0 aliphatic carbocycles. The Labute approximate surface area is 162 Å². The van der Waals surface area contributed by atoms with E-state index in [0.29, 0.717) is 11.1 Å². The van der Waals surface area contributed by atoms with Gasteiger partial charge < -0.3 is 10.1 Å². The van der Waals surface area contributed by atoms with Gasteiger partial charge in [-0.15, -0.1) is 0 Å². The van der Waals surface area contributed by atoms with Crippen molar-refractivity contribution in [2.75, 3.05) is 0 Å². The van der Waals surface area contributed by atoms with Gasteiger partial charge in [0.25, 0.3) is 11.6 Å². The summed E-state index contributed by atoms with van der Waals surface area (Å²) in [4.78, 5) is 32.9. The highest BCUT2D eigenvalue weighted by molar-refractivity contribution is 6.37. The Balaban J connectivity index is 1.75. The van der Waals surface area contributed by atoms with E-state index in [1.165, 1.54) is 30.3 Å². The topological polar surface area (TPSA) is 111 Å². The molecule has 10 heteroatoms. The number of benzene rings is 2. The van der Waals surface area contributed by atoms with E-state index >= 15 is 0 Å². The molecule has 2 N–H and O–H groups in total. The molecule has 1 fully saturated rings. The molecule has 3 rings (SSSR count). The second-order valence-electron chi connectivity index (χ2n) is 5.49. The number of ether oxygens (including phenoxy) is 1. The van der Waals surface area contributed by atoms with Crippen molar-refractivity contribution in [1.82, 2.24) is 10.6 Å². The van der Waals surface area contributed by atoms with E-state index in [1.54, 1.807) is 12.1 Å². The molecule has 3 amide bonds. The summed E-state index contributed by atoms with van der Waals surface area (Å²) >= 11 is 12.4. The number of halogens is 2. The second-order valence-corrected chi connectivity index (χ2v) is 6.31. The van der Waals surface area contributed by atoms with Gasteiger partial charge in [-0.2, -0.15) is 0 Å². The first kappa shape index (κ1) is 18.7. The molecule has 0 spiro atoms. The van der Waals surface area contributed by atoms with Gasteiger partial charge in [0.05, 0.1) is 15.0 Å². The SMILES string of the molecule is O=C1NC(=O)/C(=C\c2cc(Cl)c(OCc3ccc([N+](=O)[O-])cc3)c(Cl)c2)N1. The zero-order chi connectivity index (χ0) is 19.6. The Morgan fingerprint density at radius 2 is 1.70 bits per heavy atom. The van der Waals surface area contributed by atoms with Crippen LogP contribution in [-0.2, 0) is 11.4 Å². The van der Waals surface area contributed by atoms with Gasteiger partial charge in [-0.3, -0.25) is 20.2 Å². The molecule has 8 nitrogen and oxygen atoms in total. The number of non-ortho nitro benzene ring substituents is 1. The number of carbonyl (C=O) groups excluding carboxylic acids is 2. The van der Waals surface area contributed by atoms with Crippen LogP contribution in [0.25, 0.3) is 6.08 Å². The van der Waals surface area contributed by atoms with Crippen molar-refractivity contribution in [2.24, 2.45) is 0 Å². The van der Waals surface area contributed by atoms with E-state index in [2.05, 4.69) is 10.6 Å². The lowest BCUT2D eigenvalue weighted by Crippen LogP contribution is -2.22. The maximum atomic E-state index is 11.6. The van der Waals surface area contributed by atoms with Crippen LogP contribution >= 0.6 is 23.2 Å². The summed E-state index contributed by atoms with van der Waals surface area (Å²) in [5.41, 5.74) is 1.26. The van der Waals surface area contributed by atoms with Gasteiger partial charge in [-0.25, -0.2) is 4.79 Å². The molecule has 0 bridgehead atoms. The molecule has 0 aromatic heterocycles. The molecule has 0 radical (unpaired) electrons. The van der Waals surface area contributed by atoms with Gasteiger partial charge >= 0.3 is 6.03 Å². The van der Waals surface area contributed by atoms with Gasteiger partial charge in [0.2, 0.25) is 0 Å². The molecule has 1 aliphatic rings. The molecular weight excluding hydrogens is 397 g/mol. The summed E-state index contributed by atoms with van der Waals surface area (Å²) in [6.07, 6.45) is 1.43. The largest absolute Gasteiger partial charge is 0.486 e. The normalized spacial score (nSPS) is 14.8. The Morgan fingerprint density at radius 3 is 2.22 bits per heavy atom. The van der Waals surface area contributed by atoms with E-state index in [1.807, 2.05) is 0 Å². The number of nitrogens with zero attached hydrogens (tertiary/aromatic N) is 1. The first-order chi connectivity index (χ1) is 12.8. The molecule has 1 heterocycles. The fourth-order valence-corrected chi connectivity index (χ4v) is 2.93. The zero-order valence-electron chi connectivity index (χ0n) is 13.5. The molecule has 0 saturated carbocycles. The van der Waals surface area contributed by atoms with Gasteiger partial charge in [-0.05, 0) is 41.5 Å². The van der Waals surface area contributed by atoms with Gasteiger partial charge in [0.1, 0.15) is 12.3 Å². The molecule has 27 heavy (non-hydrogen) atoms. The summed E-state index contributed by atoms with van der Waals surface area (Å²) in [6, 6.07) is 8.34. The molecule has 0 atom stereocenters. The van der Waals surface area contributed by atoms with Crippen molar-refractivity contribution < 1.29 is 19.2 Å². The summed E-state index contributed by atoms with van der Waals surface area (Å²) < 4.78 is 5.61. The summed E-state index contributed by atoms with van der Waals surface area (Å²) in [7, 11) is 0. The molecule has 1 aliphatic heterocycles. The van der Waals surface area contributed by atoms with Crippen LogP contribution in [0.15, 0.2) is 42.1 Å². The third kappa shape index (κ3) is 4.36. The minimum absolute atomic E-state index is 0.0183. The van der Waals surface area contributed by atoms with Crippen LogP contribution < -0.4 is 15.4 Å². The molecular formula is C17H11Cl2N3O5. The molecule has 2 aromatic carbocycles. The highest BCUT2D eigenvalue weighted by Crippen LogP contribution is 2.35. The predicted octanol–water partition coefficient (Wildman–Crippen LogP) is 3.66. The summed E-state index contributed by atoms with van der Waals surface area (Å²) in [6.45, 7) is 0.107. The maximum absolute atomic E-state index is 11.6. The number of urea groups is 1. The van der Waals surface area contributed by atoms with Crippen LogP contribution in [0.5, 0.6) is 5.75 Å². The van der Waals surface area contributed by atoms with Crippen molar-refractivity contribution in [3.63, 3.8) is 0 Å². The van der Waals surface area contributed by atoms with Gasteiger partial charge in [0, 0.05) is 12.1 Å². The number of nitro groups is 1. The van der Waals surface area contributed by atoms with Crippen LogP contribution in [0.2, 0.25) is 10.0 Å². The Morgan fingerprint density at radius 1 is 1.07 bits per heavy atom. The molecule has 0 unspecified atom stereocenters. The van der Waals surface area contributed by atoms with E-state index in [4.69, 9.17) is 27.9 Å². The van der Waals surface area contributed by atoms with Crippen molar-refractivity contribution >= 4 is 46.9 Å². The highest BCUT2D eigenvalue weighted by Gasteiger charge is 2.23. The number of hydrogen-bond donors (Lipinski definition) is 2. The monoisotopic (exact) mass is 407 g/mol. The number of imide groups is 1. The van der Waals surface area contributed by atoms with Crippen LogP contribution in [0.1, 0.15) is 11.1 Å². The van der Waals surface area contributed by atoms with E-state index in [-0.39, 0.29) is 33.8 Å². The highest BCUT2D eigenvalue weighted by atomic mass is 35.5. The maximum Gasteiger partial charge on any atom is 0.326 e. The number of amides is 3. The predicted molar refractivity (Wildman–Crippen MR) is 98.5 cm³/mol. The zero-order valence-corrected chi connectivity index (χ0v) is 15.0. The number of nitro benzene ring substituents is 1. The third-order valence-electron chi connectivity index (χ3n) is 3.58. The fourth-order valence-electron chi connectivity index (χ4n) is 2.32. The number of hydrogen-bond acceptors (Lipinski definition) is 5. The first-order valence-electron chi connectivity index (χ1n) is 7.52. The molecule has 1 saturated heterocycles. The number of carbonyl (C=O) groups is 2. The Bertz CT molecular complexity index is 950. The standard InChI is InChI=1S/C17H11Cl2N3O5/c18-12-5-10(7-14-16(23)21-17(24)20-14)6-13(19)15(12)27-8-9-1-3-11(4-2-9)22(25)26/h1-7H,8H2,(H2,20,21,23,24)/b14-7+. The fraction of sp³-hybridized carbons (Fsp3) is 0.0588. The quantitative estimate of drug-likeness (QED) is 0.340. The average Bonchev–Trinajstić information content (AvgIpc) is 2.91. The smallest absolute Gasteiger partial charge is 0.326 e. The van der Waals surface area contributed by atoms with Crippen LogP contribution in [0.4, 0.5) is 10.5 Å². The molecule has 2 aromatic rings. The van der Waals surface area contributed by atoms with Crippen LogP contribution in [-0.4, -0.2) is 16.9 Å². The van der Waals surface area contributed by atoms with Gasteiger partial charge in [0.15, 0.2) is 5.75 Å². The number of rotatable bonds is 5. The van der Waals surface area contributed by atoms with Gasteiger partial charge in [-0.1, -0.05) is 23.2 Å². The summed E-state index contributed by atoms with van der Waals surface area (Å²) in [5, 5.41) is 15.5. The van der Waals surface area contributed by atoms with E-state index in [9.17, 15) is 19.7 Å². The van der Waals surface area contributed by atoms with Crippen molar-refractivity contribution in [1.29, 1.82) is 0 Å². The lowest BCUT2D eigenvalue weighted by atomic mass is 10.1. The van der Waals surface area contributed by atoms with Crippen LogP contribution in [0.3, 0.4) is 0 Å². The lowest BCUT2D eigenvalue weighted by Gasteiger charge is -2.11. The van der Waals surface area contributed by atoms with E-state index < -0.39 is 16.9 Å². The van der Waals surface area contributed by atoms with Crippen LogP contribution in [0, 0.1) is 10.1 Å². The summed E-state index contributed by atoms with van der Waals surface area (Å²) in [5.74, 6) is -0.315.